The topological polar surface area (TPSA) is 237 Å². The average Bonchev–Trinajstić information content (AvgIpc) is 1.25. The van der Waals surface area contributed by atoms with Gasteiger partial charge in [0.25, 0.3) is 0 Å². The Hall–Kier alpha value is -1.94. The first kappa shape index (κ1) is 97.1. The molecule has 0 bridgehead atoms. The molecule has 0 rings (SSSR count). The third kappa shape index (κ3) is 72.8. The summed E-state index contributed by atoms with van der Waals surface area (Å²) in [4.78, 5) is 73.0. The SMILES string of the molecule is CCCCCCCCCCCCCCCCCCCCCC(=O)O[C@H](COC(=O)CCCCCCCCCCCCCCCCCCC)COP(=O)(O)OC[C@@H](O)COP(=O)(O)OC[C@@H](COC(=O)CCCCCCCCC(C)CC)OC(=O)CCCCCCCCCCCCC(C)C. The summed E-state index contributed by atoms with van der Waals surface area (Å²) in [5.74, 6) is -0.629. The van der Waals surface area contributed by atoms with Crippen LogP contribution in [0.15, 0.2) is 0 Å². The summed E-state index contributed by atoms with van der Waals surface area (Å²) in [6.45, 7) is 9.58. The molecule has 0 aliphatic carbocycles. The molecule has 0 aliphatic heterocycles. The molecule has 0 aliphatic rings. The lowest BCUT2D eigenvalue weighted by Crippen LogP contribution is -2.30. The van der Waals surface area contributed by atoms with Crippen molar-refractivity contribution in [2.24, 2.45) is 11.8 Å². The van der Waals surface area contributed by atoms with E-state index < -0.39 is 97.5 Å². The molecule has 0 radical (unpaired) electrons. The third-order valence-electron chi connectivity index (χ3n) is 19.1. The highest BCUT2D eigenvalue weighted by Crippen LogP contribution is 2.45. The number of carbonyl (C=O) groups excluding carboxylic acids is 4. The van der Waals surface area contributed by atoms with E-state index in [-0.39, 0.29) is 25.7 Å². The number of unbranched alkanes of at least 4 members (excludes halogenated alkanes) is 48. The van der Waals surface area contributed by atoms with Crippen molar-refractivity contribution >= 4 is 39.5 Å². The molecule has 0 heterocycles. The summed E-state index contributed by atoms with van der Waals surface area (Å²) < 4.78 is 68.7. The van der Waals surface area contributed by atoms with Crippen LogP contribution in [0.3, 0.4) is 0 Å². The summed E-state index contributed by atoms with van der Waals surface area (Å²) in [6.07, 6.45) is 61.1. The van der Waals surface area contributed by atoms with E-state index in [4.69, 9.17) is 37.0 Å². The van der Waals surface area contributed by atoms with Gasteiger partial charge in [-0.2, -0.15) is 0 Å². The van der Waals surface area contributed by atoms with Crippen LogP contribution < -0.4 is 0 Å². The van der Waals surface area contributed by atoms with Crippen molar-refractivity contribution in [3.63, 3.8) is 0 Å². The molecule has 6 atom stereocenters. The Bertz CT molecular complexity index is 1910. The summed E-state index contributed by atoms with van der Waals surface area (Å²) in [5, 5.41) is 10.6. The van der Waals surface area contributed by atoms with Gasteiger partial charge in [0.1, 0.15) is 19.3 Å². The second-order valence-electron chi connectivity index (χ2n) is 29.5. The molecular weight excluding hydrogens is 1290 g/mol. The molecule has 0 aromatic heterocycles. The minimum atomic E-state index is -4.96. The Balaban J connectivity index is 5.24. The largest absolute Gasteiger partial charge is 0.472 e. The Labute approximate surface area is 607 Å². The summed E-state index contributed by atoms with van der Waals surface area (Å²) in [6, 6.07) is 0. The number of aliphatic hydroxyl groups excluding tert-OH is 1. The smallest absolute Gasteiger partial charge is 0.462 e. The molecule has 19 heteroatoms. The number of carbonyl (C=O) groups is 4. The number of ether oxygens (including phenoxy) is 4. The molecule has 3 unspecified atom stereocenters. The van der Waals surface area contributed by atoms with E-state index in [1.807, 2.05) is 0 Å². The van der Waals surface area contributed by atoms with Crippen LogP contribution in [0.5, 0.6) is 0 Å². The second kappa shape index (κ2) is 71.7. The van der Waals surface area contributed by atoms with Crippen LogP contribution >= 0.6 is 15.6 Å². The van der Waals surface area contributed by atoms with E-state index in [2.05, 4.69) is 41.5 Å². The fraction of sp³-hybridized carbons (Fsp3) is 0.950. The monoisotopic (exact) mass is 1450 g/mol. The summed E-state index contributed by atoms with van der Waals surface area (Å²) in [7, 11) is -9.92. The molecule has 0 amide bonds. The predicted octanol–water partition coefficient (Wildman–Crippen LogP) is 23.9. The first-order valence-corrected chi connectivity index (χ1v) is 44.5. The van der Waals surface area contributed by atoms with Gasteiger partial charge in [0.15, 0.2) is 12.2 Å². The zero-order valence-corrected chi connectivity index (χ0v) is 66.6. The molecule has 0 aromatic carbocycles. The zero-order chi connectivity index (χ0) is 72.8. The lowest BCUT2D eigenvalue weighted by Gasteiger charge is -2.21. The molecule has 0 aromatic rings. The van der Waals surface area contributed by atoms with Crippen molar-refractivity contribution in [3.05, 3.63) is 0 Å². The molecule has 99 heavy (non-hydrogen) atoms. The molecule has 17 nitrogen and oxygen atoms in total. The van der Waals surface area contributed by atoms with Crippen LogP contribution in [-0.4, -0.2) is 96.7 Å². The number of phosphoric acid groups is 2. The summed E-state index contributed by atoms with van der Waals surface area (Å²) >= 11 is 0. The minimum absolute atomic E-state index is 0.105. The van der Waals surface area contributed by atoms with Gasteiger partial charge < -0.3 is 33.8 Å². The number of rotatable bonds is 79. The highest BCUT2D eigenvalue weighted by atomic mass is 31.2. The third-order valence-corrected chi connectivity index (χ3v) is 21.0. The van der Waals surface area contributed by atoms with E-state index in [0.717, 1.165) is 108 Å². The van der Waals surface area contributed by atoms with Crippen LogP contribution in [0.4, 0.5) is 0 Å². The number of phosphoric ester groups is 2. The maximum Gasteiger partial charge on any atom is 0.472 e. The van der Waals surface area contributed by atoms with Crippen molar-refractivity contribution in [2.45, 2.75) is 439 Å². The maximum absolute atomic E-state index is 13.1. The standard InChI is InChI=1S/C80H156O17P2/c1-7-10-12-14-16-18-20-22-24-26-27-29-31-33-35-40-44-52-58-64-79(84)96-75(68-90-77(82)62-56-50-43-39-34-32-30-28-25-23-21-19-17-15-13-11-8-2)70-94-98(86,87)92-66-74(81)67-93-99(88,89)95-71-76(69-91-78(83)63-57-51-47-46-49-55-61-73(6)9-3)97-80(85)65-59-53-45-41-37-36-38-42-48-54-60-72(4)5/h72-76,81H,7-71H2,1-6H3,(H,86,87)(H,88,89)/t73?,74-,75-,76-/m1/s1. The highest BCUT2D eigenvalue weighted by Gasteiger charge is 2.30. The van der Waals surface area contributed by atoms with Gasteiger partial charge in [-0.05, 0) is 37.5 Å². The van der Waals surface area contributed by atoms with E-state index in [9.17, 15) is 43.2 Å². The molecule has 588 valence electrons. The first-order chi connectivity index (χ1) is 47.9. The van der Waals surface area contributed by atoms with Gasteiger partial charge in [0.05, 0.1) is 26.4 Å². The van der Waals surface area contributed by atoms with E-state index in [1.165, 1.54) is 231 Å². The van der Waals surface area contributed by atoms with Crippen molar-refractivity contribution in [1.29, 1.82) is 0 Å². The first-order valence-electron chi connectivity index (χ1n) is 41.5. The fourth-order valence-corrected chi connectivity index (χ4v) is 13.9. The highest BCUT2D eigenvalue weighted by molar-refractivity contribution is 7.47. The molecule has 3 N–H and O–H groups in total. The number of hydrogen-bond acceptors (Lipinski definition) is 15. The van der Waals surface area contributed by atoms with Gasteiger partial charge in [0, 0.05) is 25.7 Å². The van der Waals surface area contributed by atoms with Crippen LogP contribution in [0.25, 0.3) is 0 Å². The molecule has 0 spiro atoms. The Morgan fingerprint density at radius 2 is 0.515 bits per heavy atom. The van der Waals surface area contributed by atoms with Crippen molar-refractivity contribution in [2.75, 3.05) is 39.6 Å². The zero-order valence-electron chi connectivity index (χ0n) is 64.8. The predicted molar refractivity (Wildman–Crippen MR) is 405 cm³/mol. The number of aliphatic hydroxyl groups is 1. The van der Waals surface area contributed by atoms with Gasteiger partial charge in [-0.1, -0.05) is 369 Å². The Morgan fingerprint density at radius 3 is 0.768 bits per heavy atom. The van der Waals surface area contributed by atoms with Crippen molar-refractivity contribution in [3.8, 4) is 0 Å². The molecule has 0 saturated heterocycles. The fourth-order valence-electron chi connectivity index (χ4n) is 12.3. The van der Waals surface area contributed by atoms with Crippen LogP contribution in [0.2, 0.25) is 0 Å². The van der Waals surface area contributed by atoms with Crippen molar-refractivity contribution in [1.82, 2.24) is 0 Å². The lowest BCUT2D eigenvalue weighted by molar-refractivity contribution is -0.161. The van der Waals surface area contributed by atoms with Gasteiger partial charge in [-0.25, -0.2) is 9.13 Å². The van der Waals surface area contributed by atoms with Crippen LogP contribution in [-0.2, 0) is 65.4 Å². The normalized spacial score (nSPS) is 14.2. The molecule has 0 fully saturated rings. The van der Waals surface area contributed by atoms with E-state index >= 15 is 0 Å². The van der Waals surface area contributed by atoms with Gasteiger partial charge in [0.2, 0.25) is 0 Å². The van der Waals surface area contributed by atoms with Crippen LogP contribution in [0, 0.1) is 11.8 Å². The van der Waals surface area contributed by atoms with Gasteiger partial charge in [-0.3, -0.25) is 37.3 Å². The second-order valence-corrected chi connectivity index (χ2v) is 32.4. The van der Waals surface area contributed by atoms with Gasteiger partial charge >= 0.3 is 39.5 Å². The summed E-state index contributed by atoms with van der Waals surface area (Å²) in [5.41, 5.74) is 0. The Morgan fingerprint density at radius 1 is 0.293 bits per heavy atom. The maximum atomic E-state index is 13.1. The van der Waals surface area contributed by atoms with E-state index in [0.29, 0.717) is 25.7 Å². The quantitative estimate of drug-likeness (QED) is 0.0222. The Kier molecular flexibility index (Phi) is 70.3. The van der Waals surface area contributed by atoms with Gasteiger partial charge in [-0.15, -0.1) is 0 Å². The molecular formula is C80H156O17P2. The number of esters is 4. The number of hydrogen-bond donors (Lipinski definition) is 3. The lowest BCUT2D eigenvalue weighted by atomic mass is 10.00. The van der Waals surface area contributed by atoms with E-state index in [1.54, 1.807) is 0 Å². The average molecular weight is 1450 g/mol. The molecule has 0 saturated carbocycles. The van der Waals surface area contributed by atoms with Crippen LogP contribution in [0.1, 0.15) is 420 Å². The van der Waals surface area contributed by atoms with Crippen molar-refractivity contribution < 1.29 is 80.2 Å². The minimum Gasteiger partial charge on any atom is -0.462 e.